The first-order valence-electron chi connectivity index (χ1n) is 13.5. The van der Waals surface area contributed by atoms with E-state index in [-0.39, 0.29) is 23.8 Å². The third kappa shape index (κ3) is 6.26. The van der Waals surface area contributed by atoms with Crippen LogP contribution in [0.5, 0.6) is 0 Å². The standard InChI is InChI=1S/C34H32FN3O3/c1-22-5-7-26(8-6-22)19-41-20-27-16-31(34(40)38(18-27)25(4)28-9-12-30(35)13-10-28)33(39)29-11-14-32(23(2)15-29)37-17-24(3)36-21-37/h5-18,21,25H,19-20H2,1-4H3/t25-/m0/s1. The summed E-state index contributed by atoms with van der Waals surface area (Å²) < 4.78 is 23.0. The Bertz CT molecular complexity index is 1750. The van der Waals surface area contributed by atoms with Gasteiger partial charge >= 0.3 is 0 Å². The molecule has 0 spiro atoms. The summed E-state index contributed by atoms with van der Waals surface area (Å²) in [4.78, 5) is 31.8. The second-order valence-corrected chi connectivity index (χ2v) is 10.4. The quantitative estimate of drug-likeness (QED) is 0.193. The number of halogens is 1. The lowest BCUT2D eigenvalue weighted by Crippen LogP contribution is -2.30. The molecule has 2 aromatic heterocycles. The number of hydrogen-bond donors (Lipinski definition) is 0. The molecule has 0 unspecified atom stereocenters. The second kappa shape index (κ2) is 11.9. The molecule has 7 heteroatoms. The monoisotopic (exact) mass is 549 g/mol. The Labute approximate surface area is 238 Å². The minimum absolute atomic E-state index is 0.0565. The lowest BCUT2D eigenvalue weighted by atomic mass is 9.99. The minimum Gasteiger partial charge on any atom is -0.372 e. The highest BCUT2D eigenvalue weighted by Gasteiger charge is 2.20. The van der Waals surface area contributed by atoms with Crippen molar-refractivity contribution < 1.29 is 13.9 Å². The normalized spacial score (nSPS) is 11.9. The molecule has 3 aromatic carbocycles. The Balaban J connectivity index is 1.49. The van der Waals surface area contributed by atoms with Gasteiger partial charge in [-0.2, -0.15) is 0 Å². The van der Waals surface area contributed by atoms with E-state index >= 15 is 0 Å². The molecule has 0 bridgehead atoms. The zero-order valence-electron chi connectivity index (χ0n) is 23.6. The summed E-state index contributed by atoms with van der Waals surface area (Å²) in [5.41, 5.74) is 6.37. The molecule has 0 N–H and O–H groups in total. The van der Waals surface area contributed by atoms with Gasteiger partial charge in [-0.3, -0.25) is 9.59 Å². The molecule has 5 aromatic rings. The van der Waals surface area contributed by atoms with Crippen molar-refractivity contribution in [2.45, 2.75) is 47.0 Å². The van der Waals surface area contributed by atoms with Crippen LogP contribution < -0.4 is 5.56 Å². The SMILES string of the molecule is Cc1ccc(COCc2cc(C(=O)c3ccc(-n4cnc(C)c4)c(C)c3)c(=O)n([C@@H](C)c3ccc(F)cc3)c2)cc1. The number of ketones is 1. The fourth-order valence-electron chi connectivity index (χ4n) is 4.86. The van der Waals surface area contributed by atoms with Gasteiger partial charge in [0.25, 0.3) is 5.56 Å². The summed E-state index contributed by atoms with van der Waals surface area (Å²) >= 11 is 0. The van der Waals surface area contributed by atoms with Crippen molar-refractivity contribution in [1.82, 2.24) is 14.1 Å². The van der Waals surface area contributed by atoms with Crippen LogP contribution in [0.25, 0.3) is 5.69 Å². The van der Waals surface area contributed by atoms with Crippen LogP contribution in [0.1, 0.15) is 62.4 Å². The van der Waals surface area contributed by atoms with Gasteiger partial charge in [0, 0.05) is 23.6 Å². The number of hydrogen-bond acceptors (Lipinski definition) is 4. The summed E-state index contributed by atoms with van der Waals surface area (Å²) in [5.74, 6) is -0.723. The first-order chi connectivity index (χ1) is 19.7. The zero-order chi connectivity index (χ0) is 29.1. The first-order valence-corrected chi connectivity index (χ1v) is 13.5. The molecular formula is C34H32FN3O3. The molecule has 0 fully saturated rings. The average Bonchev–Trinajstić information content (AvgIpc) is 3.40. The highest BCUT2D eigenvalue weighted by molar-refractivity contribution is 6.09. The maximum Gasteiger partial charge on any atom is 0.262 e. The van der Waals surface area contributed by atoms with Gasteiger partial charge in [0.15, 0.2) is 5.78 Å². The van der Waals surface area contributed by atoms with E-state index in [0.717, 1.165) is 28.1 Å². The average molecular weight is 550 g/mol. The van der Waals surface area contributed by atoms with Gasteiger partial charge in [-0.25, -0.2) is 9.37 Å². The molecule has 0 radical (unpaired) electrons. The number of pyridine rings is 1. The van der Waals surface area contributed by atoms with Crippen molar-refractivity contribution in [3.63, 3.8) is 0 Å². The summed E-state index contributed by atoms with van der Waals surface area (Å²) in [7, 11) is 0. The van der Waals surface area contributed by atoms with E-state index in [4.69, 9.17) is 4.74 Å². The smallest absolute Gasteiger partial charge is 0.262 e. The highest BCUT2D eigenvalue weighted by atomic mass is 19.1. The van der Waals surface area contributed by atoms with E-state index in [1.165, 1.54) is 22.3 Å². The van der Waals surface area contributed by atoms with E-state index in [0.29, 0.717) is 17.7 Å². The Morgan fingerprint density at radius 3 is 2.27 bits per heavy atom. The first kappa shape index (κ1) is 27.9. The molecule has 0 amide bonds. The van der Waals surface area contributed by atoms with Crippen LogP contribution in [0.4, 0.5) is 4.39 Å². The Morgan fingerprint density at radius 2 is 1.61 bits per heavy atom. The van der Waals surface area contributed by atoms with E-state index in [9.17, 15) is 14.0 Å². The van der Waals surface area contributed by atoms with E-state index in [2.05, 4.69) is 4.98 Å². The number of aromatic nitrogens is 3. The van der Waals surface area contributed by atoms with Gasteiger partial charge in [0.2, 0.25) is 0 Å². The van der Waals surface area contributed by atoms with Gasteiger partial charge in [-0.05, 0) is 86.3 Å². The number of aryl methyl sites for hydroxylation is 3. The molecule has 0 aliphatic rings. The van der Waals surface area contributed by atoms with Gasteiger partial charge in [-0.15, -0.1) is 0 Å². The van der Waals surface area contributed by atoms with Crippen LogP contribution in [-0.4, -0.2) is 19.9 Å². The summed E-state index contributed by atoms with van der Waals surface area (Å²) in [6, 6.07) is 20.7. The number of carbonyl (C=O) groups excluding carboxylic acids is 1. The largest absolute Gasteiger partial charge is 0.372 e. The Kier molecular flexibility index (Phi) is 8.08. The summed E-state index contributed by atoms with van der Waals surface area (Å²) in [5, 5.41) is 0. The van der Waals surface area contributed by atoms with Crippen molar-refractivity contribution in [1.29, 1.82) is 0 Å². The number of rotatable bonds is 9. The van der Waals surface area contributed by atoms with Crippen LogP contribution in [-0.2, 0) is 18.0 Å². The maximum atomic E-state index is 13.8. The molecule has 0 saturated heterocycles. The van der Waals surface area contributed by atoms with E-state index in [1.54, 1.807) is 42.9 Å². The van der Waals surface area contributed by atoms with Gasteiger partial charge < -0.3 is 13.9 Å². The van der Waals surface area contributed by atoms with Crippen LogP contribution in [0, 0.1) is 26.6 Å². The number of imidazole rings is 1. The zero-order valence-corrected chi connectivity index (χ0v) is 23.6. The van der Waals surface area contributed by atoms with Crippen LogP contribution in [0.15, 0.2) is 96.3 Å². The molecule has 0 saturated carbocycles. The number of carbonyl (C=O) groups is 1. The molecule has 1 atom stereocenters. The molecule has 208 valence electrons. The highest BCUT2D eigenvalue weighted by Crippen LogP contribution is 2.21. The van der Waals surface area contributed by atoms with Crippen molar-refractivity contribution >= 4 is 5.78 Å². The molecule has 41 heavy (non-hydrogen) atoms. The molecule has 5 rings (SSSR count). The Morgan fingerprint density at radius 1 is 0.902 bits per heavy atom. The van der Waals surface area contributed by atoms with Gasteiger partial charge in [0.1, 0.15) is 5.82 Å². The Hall–Kier alpha value is -4.62. The fraction of sp³-hybridized carbons (Fsp3) is 0.206. The fourth-order valence-corrected chi connectivity index (χ4v) is 4.86. The lowest BCUT2D eigenvalue weighted by Gasteiger charge is -2.19. The molecular weight excluding hydrogens is 517 g/mol. The third-order valence-electron chi connectivity index (χ3n) is 7.22. The molecule has 6 nitrogen and oxygen atoms in total. The van der Waals surface area contributed by atoms with Crippen LogP contribution in [0.3, 0.4) is 0 Å². The van der Waals surface area contributed by atoms with Crippen molar-refractivity contribution in [2.24, 2.45) is 0 Å². The second-order valence-electron chi connectivity index (χ2n) is 10.4. The minimum atomic E-state index is -0.430. The number of ether oxygens (including phenoxy) is 1. The number of nitrogens with zero attached hydrogens (tertiary/aromatic N) is 3. The van der Waals surface area contributed by atoms with Crippen LogP contribution in [0.2, 0.25) is 0 Å². The lowest BCUT2D eigenvalue weighted by molar-refractivity contribution is 0.102. The van der Waals surface area contributed by atoms with Gasteiger partial charge in [-0.1, -0.05) is 42.0 Å². The summed E-state index contributed by atoms with van der Waals surface area (Å²) in [6.45, 7) is 8.33. The topological polar surface area (TPSA) is 66.1 Å². The van der Waals surface area contributed by atoms with Crippen molar-refractivity contribution in [2.75, 3.05) is 0 Å². The van der Waals surface area contributed by atoms with E-state index < -0.39 is 11.6 Å². The van der Waals surface area contributed by atoms with Crippen LogP contribution >= 0.6 is 0 Å². The third-order valence-corrected chi connectivity index (χ3v) is 7.22. The van der Waals surface area contributed by atoms with Crippen molar-refractivity contribution in [3.05, 3.63) is 152 Å². The molecule has 2 heterocycles. The van der Waals surface area contributed by atoms with E-state index in [1.807, 2.05) is 68.8 Å². The van der Waals surface area contributed by atoms with Crippen molar-refractivity contribution in [3.8, 4) is 5.69 Å². The molecule has 0 aliphatic heterocycles. The summed E-state index contributed by atoms with van der Waals surface area (Å²) in [6.07, 6.45) is 5.37. The maximum absolute atomic E-state index is 13.8. The molecule has 0 aliphatic carbocycles. The predicted molar refractivity (Wildman–Crippen MR) is 157 cm³/mol. The number of benzene rings is 3. The van der Waals surface area contributed by atoms with Gasteiger partial charge in [0.05, 0.1) is 36.8 Å². The predicted octanol–water partition coefficient (Wildman–Crippen LogP) is 6.66.